The minimum Gasteiger partial charge on any atom is -0.396 e. The summed E-state index contributed by atoms with van der Waals surface area (Å²) in [6.45, 7) is 3.85. The minimum absolute atomic E-state index is 0.0527. The molecule has 1 aliphatic carbocycles. The summed E-state index contributed by atoms with van der Waals surface area (Å²) in [5.74, 6) is 0.0564. The Labute approximate surface area is 84.7 Å². The van der Waals surface area contributed by atoms with Crippen molar-refractivity contribution in [2.75, 3.05) is 6.61 Å². The van der Waals surface area contributed by atoms with E-state index in [9.17, 15) is 4.79 Å². The van der Waals surface area contributed by atoms with E-state index in [4.69, 9.17) is 10.4 Å². The molecule has 78 valence electrons. The van der Waals surface area contributed by atoms with Crippen LogP contribution in [0.2, 0.25) is 0 Å². The van der Waals surface area contributed by atoms with Crippen LogP contribution in [0.3, 0.4) is 0 Å². The molecule has 0 saturated heterocycles. The lowest BCUT2D eigenvalue weighted by Crippen LogP contribution is -2.31. The topological polar surface area (TPSA) is 61.1 Å². The molecule has 0 aromatic heterocycles. The molecule has 1 unspecified atom stereocenters. The molecule has 0 bridgehead atoms. The van der Waals surface area contributed by atoms with Crippen molar-refractivity contribution >= 4 is 5.78 Å². The van der Waals surface area contributed by atoms with Crippen molar-refractivity contribution in [3.05, 3.63) is 0 Å². The van der Waals surface area contributed by atoms with Crippen LogP contribution in [0.15, 0.2) is 0 Å². The molecule has 0 aromatic carbocycles. The average Bonchev–Trinajstić information content (AvgIpc) is 2.39. The third-order valence-corrected chi connectivity index (χ3v) is 3.20. The smallest absolute Gasteiger partial charge is 0.158 e. The van der Waals surface area contributed by atoms with Crippen LogP contribution >= 0.6 is 0 Å². The van der Waals surface area contributed by atoms with Crippen LogP contribution in [0.4, 0.5) is 0 Å². The van der Waals surface area contributed by atoms with Gasteiger partial charge in [0.25, 0.3) is 0 Å². The van der Waals surface area contributed by atoms with Crippen molar-refractivity contribution in [2.45, 2.75) is 39.5 Å². The fourth-order valence-corrected chi connectivity index (χ4v) is 2.18. The Balaban J connectivity index is 2.84. The number of nitrogens with zero attached hydrogens (tertiary/aromatic N) is 1. The molecule has 1 saturated carbocycles. The molecule has 1 fully saturated rings. The monoisotopic (exact) mass is 195 g/mol. The van der Waals surface area contributed by atoms with Gasteiger partial charge in [-0.15, -0.1) is 0 Å². The molecule has 0 amide bonds. The highest BCUT2D eigenvalue weighted by Gasteiger charge is 2.51. The normalized spacial score (nSPS) is 30.3. The van der Waals surface area contributed by atoms with E-state index >= 15 is 0 Å². The van der Waals surface area contributed by atoms with E-state index in [1.54, 1.807) is 0 Å². The Morgan fingerprint density at radius 1 is 1.50 bits per heavy atom. The van der Waals surface area contributed by atoms with Crippen LogP contribution in [0.5, 0.6) is 0 Å². The number of carbonyl (C=O) groups excluding carboxylic acids is 1. The molecule has 0 radical (unpaired) electrons. The Bertz CT molecular complexity index is 278. The highest BCUT2D eigenvalue weighted by Crippen LogP contribution is 2.47. The summed E-state index contributed by atoms with van der Waals surface area (Å²) < 4.78 is 0. The maximum Gasteiger partial charge on any atom is 0.158 e. The lowest BCUT2D eigenvalue weighted by Gasteiger charge is -2.21. The third kappa shape index (κ3) is 1.67. The van der Waals surface area contributed by atoms with Crippen molar-refractivity contribution in [3.63, 3.8) is 0 Å². The number of hydrogen-bond donors (Lipinski definition) is 1. The summed E-state index contributed by atoms with van der Waals surface area (Å²) in [5.41, 5.74) is -1.17. The van der Waals surface area contributed by atoms with Crippen molar-refractivity contribution in [1.82, 2.24) is 0 Å². The van der Waals surface area contributed by atoms with E-state index in [1.807, 2.05) is 13.8 Å². The number of ketones is 1. The predicted octanol–water partition coefficient (Wildman–Crippen LogP) is 1.66. The average molecular weight is 195 g/mol. The number of aliphatic hydroxyl groups is 1. The zero-order valence-corrected chi connectivity index (χ0v) is 8.84. The zero-order valence-electron chi connectivity index (χ0n) is 8.84. The molecule has 0 aliphatic heterocycles. The molecule has 3 heteroatoms. The van der Waals surface area contributed by atoms with Crippen LogP contribution in [0.25, 0.3) is 0 Å². The van der Waals surface area contributed by atoms with Crippen LogP contribution in [-0.4, -0.2) is 17.5 Å². The van der Waals surface area contributed by atoms with Crippen molar-refractivity contribution in [1.29, 1.82) is 5.26 Å². The van der Waals surface area contributed by atoms with Gasteiger partial charge < -0.3 is 5.11 Å². The van der Waals surface area contributed by atoms with Crippen LogP contribution in [0, 0.1) is 22.2 Å². The van der Waals surface area contributed by atoms with E-state index in [1.165, 1.54) is 0 Å². The first-order chi connectivity index (χ1) is 6.48. The number of hydrogen-bond acceptors (Lipinski definition) is 3. The maximum atomic E-state index is 12.0. The van der Waals surface area contributed by atoms with Gasteiger partial charge in [0.15, 0.2) is 5.78 Å². The quantitative estimate of drug-likeness (QED) is 0.745. The van der Waals surface area contributed by atoms with E-state index in [-0.39, 0.29) is 17.8 Å². The van der Waals surface area contributed by atoms with E-state index in [0.29, 0.717) is 19.3 Å². The number of nitriles is 1. The first-order valence-corrected chi connectivity index (χ1v) is 5.05. The van der Waals surface area contributed by atoms with Crippen molar-refractivity contribution < 1.29 is 9.90 Å². The molecular weight excluding hydrogens is 178 g/mol. The zero-order chi connectivity index (χ0) is 10.8. The molecule has 0 aromatic rings. The predicted molar refractivity (Wildman–Crippen MR) is 52.4 cm³/mol. The van der Waals surface area contributed by atoms with E-state index < -0.39 is 5.41 Å². The lowest BCUT2D eigenvalue weighted by atomic mass is 9.78. The second kappa shape index (κ2) is 3.70. The molecule has 3 nitrogen and oxygen atoms in total. The van der Waals surface area contributed by atoms with Gasteiger partial charge in [-0.1, -0.05) is 13.8 Å². The fraction of sp³-hybridized carbons (Fsp3) is 0.818. The Morgan fingerprint density at radius 2 is 2.14 bits per heavy atom. The second-order valence-corrected chi connectivity index (χ2v) is 4.73. The van der Waals surface area contributed by atoms with Crippen molar-refractivity contribution in [2.24, 2.45) is 10.8 Å². The minimum atomic E-state index is -0.813. The van der Waals surface area contributed by atoms with Gasteiger partial charge in [0.2, 0.25) is 0 Å². The summed E-state index contributed by atoms with van der Waals surface area (Å²) in [6.07, 6.45) is 2.47. The van der Waals surface area contributed by atoms with Gasteiger partial charge in [-0.25, -0.2) is 0 Å². The van der Waals surface area contributed by atoms with Gasteiger partial charge in [0, 0.05) is 12.0 Å². The second-order valence-electron chi connectivity index (χ2n) is 4.73. The van der Waals surface area contributed by atoms with Gasteiger partial charge in [-0.3, -0.25) is 4.79 Å². The molecule has 1 N–H and O–H groups in total. The van der Waals surface area contributed by atoms with Crippen LogP contribution < -0.4 is 0 Å². The number of Topliss-reactive ketones (excluding diaryl/α,β-unsaturated/α-hetero) is 1. The Kier molecular flexibility index (Phi) is 2.96. The third-order valence-electron chi connectivity index (χ3n) is 3.20. The van der Waals surface area contributed by atoms with E-state index in [0.717, 1.165) is 6.42 Å². The van der Waals surface area contributed by atoms with Gasteiger partial charge >= 0.3 is 0 Å². The molecular formula is C11H17NO2. The summed E-state index contributed by atoms with van der Waals surface area (Å²) in [6, 6.07) is 2.16. The number of rotatable bonds is 3. The number of aliphatic hydroxyl groups excluding tert-OH is 1. The van der Waals surface area contributed by atoms with Gasteiger partial charge in [-0.05, 0) is 25.7 Å². The molecule has 1 atom stereocenters. The standard InChI is InChI=1S/C11H17NO2/c1-10(2)5-6-11(8-12,9(10)14)4-3-7-13/h13H,3-7H2,1-2H3. The molecule has 0 heterocycles. The first kappa shape index (κ1) is 11.2. The molecule has 14 heavy (non-hydrogen) atoms. The molecule has 1 rings (SSSR count). The summed E-state index contributed by atoms with van der Waals surface area (Å²) >= 11 is 0. The highest BCUT2D eigenvalue weighted by atomic mass is 16.3. The largest absolute Gasteiger partial charge is 0.396 e. The summed E-state index contributed by atoms with van der Waals surface area (Å²) in [4.78, 5) is 12.0. The van der Waals surface area contributed by atoms with E-state index in [2.05, 4.69) is 6.07 Å². The van der Waals surface area contributed by atoms with Gasteiger partial charge in [-0.2, -0.15) is 5.26 Å². The van der Waals surface area contributed by atoms with Gasteiger partial charge in [0.05, 0.1) is 6.07 Å². The van der Waals surface area contributed by atoms with Crippen LogP contribution in [-0.2, 0) is 4.79 Å². The number of carbonyl (C=O) groups is 1. The van der Waals surface area contributed by atoms with Crippen LogP contribution in [0.1, 0.15) is 39.5 Å². The SMILES string of the molecule is CC1(C)CCC(C#N)(CCCO)C1=O. The Morgan fingerprint density at radius 3 is 2.50 bits per heavy atom. The lowest BCUT2D eigenvalue weighted by molar-refractivity contribution is -0.130. The Hall–Kier alpha value is -0.880. The molecule has 0 spiro atoms. The molecule has 1 aliphatic rings. The first-order valence-electron chi connectivity index (χ1n) is 5.05. The van der Waals surface area contributed by atoms with Crippen molar-refractivity contribution in [3.8, 4) is 6.07 Å². The maximum absolute atomic E-state index is 12.0. The summed E-state index contributed by atoms with van der Waals surface area (Å²) in [5, 5.41) is 17.8. The summed E-state index contributed by atoms with van der Waals surface area (Å²) in [7, 11) is 0. The highest BCUT2D eigenvalue weighted by molar-refractivity contribution is 5.94. The van der Waals surface area contributed by atoms with Gasteiger partial charge in [0.1, 0.15) is 5.41 Å². The fourth-order valence-electron chi connectivity index (χ4n) is 2.18.